The molecule has 0 aromatic carbocycles. The summed E-state index contributed by atoms with van der Waals surface area (Å²) in [6.07, 6.45) is 5.47. The molecule has 0 bridgehead atoms. The minimum atomic E-state index is 0.632. The first kappa shape index (κ1) is 15.5. The Morgan fingerprint density at radius 1 is 1.33 bits per heavy atom. The van der Waals surface area contributed by atoms with E-state index in [4.69, 9.17) is 11.6 Å². The molecule has 0 fully saturated rings. The fourth-order valence-corrected chi connectivity index (χ4v) is 2.73. The summed E-state index contributed by atoms with van der Waals surface area (Å²) in [5, 5.41) is 8.83. The molecule has 18 heavy (non-hydrogen) atoms. The lowest BCUT2D eigenvalue weighted by atomic mass is 10.1. The quantitative estimate of drug-likeness (QED) is 0.786. The van der Waals surface area contributed by atoms with E-state index in [-0.39, 0.29) is 0 Å². The third-order valence-corrected chi connectivity index (χ3v) is 3.89. The Bertz CT molecular complexity index is 360. The van der Waals surface area contributed by atoms with Gasteiger partial charge in [0, 0.05) is 13.1 Å². The number of hydrogen-bond acceptors (Lipinski definition) is 2. The van der Waals surface area contributed by atoms with Crippen LogP contribution in [0.15, 0.2) is 0 Å². The Labute approximate surface area is 116 Å². The SMILES string of the molecule is CCNC(CC)CCCc1c(Cl)c(CC)nn1C. The van der Waals surface area contributed by atoms with Crippen LogP contribution in [0.5, 0.6) is 0 Å². The zero-order chi connectivity index (χ0) is 13.5. The van der Waals surface area contributed by atoms with Crippen molar-refractivity contribution in [2.75, 3.05) is 6.54 Å². The van der Waals surface area contributed by atoms with Crippen molar-refractivity contribution in [1.82, 2.24) is 15.1 Å². The van der Waals surface area contributed by atoms with Crippen molar-refractivity contribution in [2.45, 2.75) is 58.9 Å². The first-order valence-electron chi connectivity index (χ1n) is 7.07. The molecule has 0 spiro atoms. The highest BCUT2D eigenvalue weighted by atomic mass is 35.5. The highest BCUT2D eigenvalue weighted by molar-refractivity contribution is 6.31. The number of rotatable bonds is 8. The van der Waals surface area contributed by atoms with Gasteiger partial charge in [0.15, 0.2) is 0 Å². The first-order valence-corrected chi connectivity index (χ1v) is 7.45. The minimum absolute atomic E-state index is 0.632. The average Bonchev–Trinajstić information content (AvgIpc) is 2.64. The van der Waals surface area contributed by atoms with E-state index < -0.39 is 0 Å². The van der Waals surface area contributed by atoms with Crippen LogP contribution in [0.25, 0.3) is 0 Å². The normalized spacial score (nSPS) is 12.9. The van der Waals surface area contributed by atoms with Crippen LogP contribution in [0.1, 0.15) is 51.4 Å². The van der Waals surface area contributed by atoms with Gasteiger partial charge in [0.25, 0.3) is 0 Å². The molecule has 4 heteroatoms. The van der Waals surface area contributed by atoms with Crippen molar-refractivity contribution in [3.63, 3.8) is 0 Å². The van der Waals surface area contributed by atoms with Crippen molar-refractivity contribution >= 4 is 11.6 Å². The number of aromatic nitrogens is 2. The monoisotopic (exact) mass is 271 g/mol. The molecule has 0 amide bonds. The number of hydrogen-bond donors (Lipinski definition) is 1. The van der Waals surface area contributed by atoms with E-state index in [2.05, 4.69) is 31.2 Å². The summed E-state index contributed by atoms with van der Waals surface area (Å²) < 4.78 is 1.94. The van der Waals surface area contributed by atoms with Crippen molar-refractivity contribution in [1.29, 1.82) is 0 Å². The largest absolute Gasteiger partial charge is 0.314 e. The van der Waals surface area contributed by atoms with E-state index in [0.29, 0.717) is 6.04 Å². The molecule has 1 atom stereocenters. The third kappa shape index (κ3) is 3.99. The predicted octanol–water partition coefficient (Wildman–Crippen LogP) is 3.35. The van der Waals surface area contributed by atoms with Crippen LogP contribution >= 0.6 is 11.6 Å². The molecule has 1 aromatic rings. The predicted molar refractivity (Wildman–Crippen MR) is 78.3 cm³/mol. The van der Waals surface area contributed by atoms with Crippen LogP contribution in [0.3, 0.4) is 0 Å². The molecule has 0 aliphatic rings. The molecular weight excluding hydrogens is 246 g/mol. The molecule has 0 saturated carbocycles. The maximum atomic E-state index is 6.34. The Hall–Kier alpha value is -0.540. The van der Waals surface area contributed by atoms with E-state index in [9.17, 15) is 0 Å². The summed E-state index contributed by atoms with van der Waals surface area (Å²) in [4.78, 5) is 0. The molecule has 3 nitrogen and oxygen atoms in total. The Morgan fingerprint density at radius 2 is 2.06 bits per heavy atom. The Kier molecular flexibility index (Phi) is 6.72. The zero-order valence-corrected chi connectivity index (χ0v) is 12.8. The zero-order valence-electron chi connectivity index (χ0n) is 12.1. The average molecular weight is 272 g/mol. The van der Waals surface area contributed by atoms with Crippen LogP contribution < -0.4 is 5.32 Å². The molecule has 0 aliphatic carbocycles. The van der Waals surface area contributed by atoms with Gasteiger partial charge < -0.3 is 5.32 Å². The van der Waals surface area contributed by atoms with Crippen molar-refractivity contribution in [2.24, 2.45) is 7.05 Å². The lowest BCUT2D eigenvalue weighted by molar-refractivity contribution is 0.464. The lowest BCUT2D eigenvalue weighted by Gasteiger charge is -2.15. The highest BCUT2D eigenvalue weighted by Crippen LogP contribution is 2.22. The van der Waals surface area contributed by atoms with Crippen LogP contribution in [-0.2, 0) is 19.9 Å². The summed E-state index contributed by atoms with van der Waals surface area (Å²) >= 11 is 6.34. The van der Waals surface area contributed by atoms with Crippen molar-refractivity contribution in [3.05, 3.63) is 16.4 Å². The number of nitrogens with zero attached hydrogens (tertiary/aromatic N) is 2. The fourth-order valence-electron chi connectivity index (χ4n) is 2.35. The van der Waals surface area contributed by atoms with E-state index >= 15 is 0 Å². The second kappa shape index (κ2) is 7.80. The van der Waals surface area contributed by atoms with Gasteiger partial charge in [-0.1, -0.05) is 32.4 Å². The fraction of sp³-hybridized carbons (Fsp3) is 0.786. The first-order chi connectivity index (χ1) is 8.63. The minimum Gasteiger partial charge on any atom is -0.314 e. The topological polar surface area (TPSA) is 29.9 Å². The van der Waals surface area contributed by atoms with Crippen molar-refractivity contribution < 1.29 is 0 Å². The van der Waals surface area contributed by atoms with Gasteiger partial charge in [-0.2, -0.15) is 5.10 Å². The van der Waals surface area contributed by atoms with Crippen LogP contribution in [0.4, 0.5) is 0 Å². The molecule has 1 aromatic heterocycles. The second-order valence-corrected chi connectivity index (χ2v) is 5.12. The van der Waals surface area contributed by atoms with Crippen molar-refractivity contribution in [3.8, 4) is 0 Å². The maximum Gasteiger partial charge on any atom is 0.0849 e. The molecule has 104 valence electrons. The maximum absolute atomic E-state index is 6.34. The van der Waals surface area contributed by atoms with Gasteiger partial charge in [-0.05, 0) is 38.6 Å². The van der Waals surface area contributed by atoms with Crippen LogP contribution in [-0.4, -0.2) is 22.4 Å². The number of halogens is 1. The molecule has 0 radical (unpaired) electrons. The molecule has 1 unspecified atom stereocenters. The van der Waals surface area contributed by atoms with E-state index in [1.165, 1.54) is 18.5 Å². The highest BCUT2D eigenvalue weighted by Gasteiger charge is 2.13. The van der Waals surface area contributed by atoms with Gasteiger partial charge in [-0.15, -0.1) is 0 Å². The summed E-state index contributed by atoms with van der Waals surface area (Å²) in [5.41, 5.74) is 2.20. The van der Waals surface area contributed by atoms with Gasteiger partial charge in [-0.25, -0.2) is 0 Å². The Balaban J connectivity index is 2.50. The summed E-state index contributed by atoms with van der Waals surface area (Å²) in [7, 11) is 1.99. The number of nitrogens with one attached hydrogen (secondary N) is 1. The van der Waals surface area contributed by atoms with Gasteiger partial charge in [-0.3, -0.25) is 4.68 Å². The van der Waals surface area contributed by atoms with Gasteiger partial charge in [0.1, 0.15) is 0 Å². The third-order valence-electron chi connectivity index (χ3n) is 3.45. The lowest BCUT2D eigenvalue weighted by Crippen LogP contribution is -2.28. The van der Waals surface area contributed by atoms with Gasteiger partial charge in [0.05, 0.1) is 16.4 Å². The summed E-state index contributed by atoms with van der Waals surface area (Å²) in [5.74, 6) is 0. The van der Waals surface area contributed by atoms with Gasteiger partial charge in [0.2, 0.25) is 0 Å². The summed E-state index contributed by atoms with van der Waals surface area (Å²) in [6.45, 7) is 7.54. The molecule has 0 saturated heterocycles. The molecule has 0 aliphatic heterocycles. The summed E-state index contributed by atoms with van der Waals surface area (Å²) in [6, 6.07) is 0.632. The standard InChI is InChI=1S/C14H26ClN3/c1-5-11(16-7-3)9-8-10-13-14(15)12(6-2)17-18(13)4/h11,16H,5-10H2,1-4H3. The molecule has 1 rings (SSSR count). The molecule has 1 N–H and O–H groups in total. The molecular formula is C14H26ClN3. The Morgan fingerprint density at radius 3 is 2.56 bits per heavy atom. The second-order valence-electron chi connectivity index (χ2n) is 4.74. The number of aryl methyl sites for hydroxylation is 2. The van der Waals surface area contributed by atoms with Crippen LogP contribution in [0, 0.1) is 0 Å². The van der Waals surface area contributed by atoms with Crippen LogP contribution in [0.2, 0.25) is 5.02 Å². The molecule has 1 heterocycles. The van der Waals surface area contributed by atoms with E-state index in [1.807, 2.05) is 11.7 Å². The van der Waals surface area contributed by atoms with Gasteiger partial charge >= 0.3 is 0 Å². The smallest absolute Gasteiger partial charge is 0.0849 e. The van der Waals surface area contributed by atoms with E-state index in [1.54, 1.807) is 0 Å². The van der Waals surface area contributed by atoms with E-state index in [0.717, 1.165) is 36.5 Å².